The number of hydrogen-bond acceptors (Lipinski definition) is 5. The molecule has 0 N–H and O–H groups in total. The third-order valence-electron chi connectivity index (χ3n) is 1.96. The van der Waals surface area contributed by atoms with Crippen molar-refractivity contribution in [3.05, 3.63) is 24.3 Å². The van der Waals surface area contributed by atoms with Gasteiger partial charge in [-0.3, -0.25) is 4.79 Å². The predicted molar refractivity (Wildman–Crippen MR) is 67.2 cm³/mol. The molecule has 1 aromatic carbocycles. The number of Topliss-reactive ketones (excluding diaryl/α,β-unsaturated/α-hetero) is 1. The number of methoxy groups -OCH3 is 1. The molecule has 1 aromatic rings. The number of rotatable bonds is 6. The lowest BCUT2D eigenvalue weighted by atomic mass is 10.4. The van der Waals surface area contributed by atoms with Gasteiger partial charge in [0.1, 0.15) is 6.61 Å². The first-order chi connectivity index (χ1) is 7.93. The molecule has 94 valence electrons. The van der Waals surface area contributed by atoms with Crippen LogP contribution in [0.25, 0.3) is 0 Å². The molecule has 6 heteroatoms. The maximum Gasteiger partial charge on any atom is 0.175 e. The molecule has 0 spiro atoms. The van der Waals surface area contributed by atoms with Gasteiger partial charge in [0.25, 0.3) is 0 Å². The van der Waals surface area contributed by atoms with Crippen LogP contribution in [-0.4, -0.2) is 39.9 Å². The Morgan fingerprint density at radius 2 is 1.88 bits per heavy atom. The molecule has 0 aromatic heterocycles. The molecular weight excluding hydrogens is 260 g/mol. The summed E-state index contributed by atoms with van der Waals surface area (Å²) in [7, 11) is -1.68. The first kappa shape index (κ1) is 14.2. The Hall–Kier alpha value is -0.850. The monoisotopic (exact) mass is 274 g/mol. The number of thioether (sulfide) groups is 1. The zero-order valence-electron chi connectivity index (χ0n) is 9.67. The number of benzene rings is 1. The van der Waals surface area contributed by atoms with Crippen molar-refractivity contribution in [2.45, 2.75) is 9.79 Å². The standard InChI is InChI=1S/C11H14O4S2/c1-15-7-9(12)8-16-10-3-5-11(6-4-10)17(2,13)14/h3-6H,7-8H2,1-2H3. The number of sulfone groups is 1. The molecule has 0 saturated carbocycles. The van der Waals surface area contributed by atoms with Crippen LogP contribution >= 0.6 is 11.8 Å². The molecule has 0 unspecified atom stereocenters. The highest BCUT2D eigenvalue weighted by Gasteiger charge is 2.07. The van der Waals surface area contributed by atoms with Gasteiger partial charge >= 0.3 is 0 Å². The molecule has 0 fully saturated rings. The molecule has 1 rings (SSSR count). The molecule has 0 heterocycles. The second-order valence-corrected chi connectivity index (χ2v) is 6.57. The molecule has 17 heavy (non-hydrogen) atoms. The van der Waals surface area contributed by atoms with Crippen molar-refractivity contribution in [3.8, 4) is 0 Å². The van der Waals surface area contributed by atoms with Crippen molar-refractivity contribution in [2.75, 3.05) is 25.7 Å². The Balaban J connectivity index is 2.60. The summed E-state index contributed by atoms with van der Waals surface area (Å²) in [6.45, 7) is 0.106. The summed E-state index contributed by atoms with van der Waals surface area (Å²) in [4.78, 5) is 12.3. The second kappa shape index (κ2) is 6.18. The SMILES string of the molecule is COCC(=O)CSc1ccc(S(C)(=O)=O)cc1. The van der Waals surface area contributed by atoms with Gasteiger partial charge in [0.15, 0.2) is 15.6 Å². The van der Waals surface area contributed by atoms with E-state index in [1.165, 1.54) is 18.9 Å². The van der Waals surface area contributed by atoms with E-state index in [2.05, 4.69) is 0 Å². The van der Waals surface area contributed by atoms with E-state index in [4.69, 9.17) is 4.74 Å². The molecule has 0 aliphatic rings. The van der Waals surface area contributed by atoms with E-state index in [1.807, 2.05) is 0 Å². The van der Waals surface area contributed by atoms with Crippen LogP contribution in [-0.2, 0) is 19.4 Å². The summed E-state index contributed by atoms with van der Waals surface area (Å²) in [5, 5.41) is 0. The van der Waals surface area contributed by atoms with E-state index in [1.54, 1.807) is 24.3 Å². The minimum Gasteiger partial charge on any atom is -0.377 e. The predicted octanol–water partition coefficient (Wildman–Crippen LogP) is 1.40. The molecule has 0 aliphatic carbocycles. The smallest absolute Gasteiger partial charge is 0.175 e. The second-order valence-electron chi connectivity index (χ2n) is 3.50. The summed E-state index contributed by atoms with van der Waals surface area (Å²) >= 11 is 1.36. The Kier molecular flexibility index (Phi) is 5.17. The van der Waals surface area contributed by atoms with Crippen LogP contribution in [0, 0.1) is 0 Å². The fourth-order valence-corrected chi connectivity index (χ4v) is 2.52. The molecule has 0 bridgehead atoms. The van der Waals surface area contributed by atoms with Crippen LogP contribution in [0.5, 0.6) is 0 Å². The Labute approximate surface area is 105 Å². The highest BCUT2D eigenvalue weighted by Crippen LogP contribution is 2.20. The third kappa shape index (κ3) is 4.89. The molecule has 0 amide bonds. The van der Waals surface area contributed by atoms with Crippen LogP contribution in [0.3, 0.4) is 0 Å². The zero-order chi connectivity index (χ0) is 12.9. The minimum atomic E-state index is -3.16. The van der Waals surface area contributed by atoms with Crippen LogP contribution in [0.1, 0.15) is 0 Å². The molecule has 0 saturated heterocycles. The van der Waals surface area contributed by atoms with E-state index < -0.39 is 9.84 Å². The zero-order valence-corrected chi connectivity index (χ0v) is 11.3. The first-order valence-electron chi connectivity index (χ1n) is 4.87. The van der Waals surface area contributed by atoms with E-state index in [9.17, 15) is 13.2 Å². The van der Waals surface area contributed by atoms with Gasteiger partial charge in [-0.2, -0.15) is 0 Å². The average Bonchev–Trinajstić information content (AvgIpc) is 2.26. The highest BCUT2D eigenvalue weighted by atomic mass is 32.2. The van der Waals surface area contributed by atoms with Crippen LogP contribution < -0.4 is 0 Å². The number of ketones is 1. The topological polar surface area (TPSA) is 60.4 Å². The van der Waals surface area contributed by atoms with Crippen LogP contribution in [0.15, 0.2) is 34.1 Å². The van der Waals surface area contributed by atoms with Crippen molar-refractivity contribution in [2.24, 2.45) is 0 Å². The van der Waals surface area contributed by atoms with Crippen molar-refractivity contribution in [3.63, 3.8) is 0 Å². The van der Waals surface area contributed by atoms with Crippen molar-refractivity contribution in [1.82, 2.24) is 0 Å². The summed E-state index contributed by atoms with van der Waals surface area (Å²) in [6, 6.07) is 6.47. The minimum absolute atomic E-state index is 0.00434. The van der Waals surface area contributed by atoms with E-state index >= 15 is 0 Å². The van der Waals surface area contributed by atoms with Crippen molar-refractivity contribution in [1.29, 1.82) is 0 Å². The molecule has 0 atom stereocenters. The van der Waals surface area contributed by atoms with E-state index in [-0.39, 0.29) is 17.3 Å². The lowest BCUT2D eigenvalue weighted by Crippen LogP contribution is -2.08. The van der Waals surface area contributed by atoms with Gasteiger partial charge in [-0.15, -0.1) is 11.8 Å². The summed E-state index contributed by atoms with van der Waals surface area (Å²) in [6.07, 6.45) is 1.16. The quantitative estimate of drug-likeness (QED) is 0.734. The lowest BCUT2D eigenvalue weighted by Gasteiger charge is -2.02. The summed E-state index contributed by atoms with van der Waals surface area (Å²) in [5.41, 5.74) is 0. The Morgan fingerprint density at radius 3 is 2.35 bits per heavy atom. The number of ether oxygens (including phenoxy) is 1. The van der Waals surface area contributed by atoms with Gasteiger partial charge in [-0.25, -0.2) is 8.42 Å². The third-order valence-corrected chi connectivity index (χ3v) is 4.16. The molecular formula is C11H14O4S2. The molecule has 4 nitrogen and oxygen atoms in total. The summed E-state index contributed by atoms with van der Waals surface area (Å²) in [5.74, 6) is 0.330. The molecule has 0 radical (unpaired) electrons. The lowest BCUT2D eigenvalue weighted by molar-refractivity contribution is -0.120. The van der Waals surface area contributed by atoms with E-state index in [0.717, 1.165) is 11.2 Å². The van der Waals surface area contributed by atoms with Gasteiger partial charge in [0.05, 0.1) is 10.6 Å². The first-order valence-corrected chi connectivity index (χ1v) is 7.75. The normalized spacial score (nSPS) is 11.4. The highest BCUT2D eigenvalue weighted by molar-refractivity contribution is 8.00. The van der Waals surface area contributed by atoms with Crippen molar-refractivity contribution < 1.29 is 17.9 Å². The number of carbonyl (C=O) groups is 1. The van der Waals surface area contributed by atoms with Crippen LogP contribution in [0.4, 0.5) is 0 Å². The fraction of sp³-hybridized carbons (Fsp3) is 0.364. The summed E-state index contributed by atoms with van der Waals surface area (Å²) < 4.78 is 27.1. The van der Waals surface area contributed by atoms with Crippen LogP contribution in [0.2, 0.25) is 0 Å². The molecule has 0 aliphatic heterocycles. The van der Waals surface area contributed by atoms with Gasteiger partial charge in [0.2, 0.25) is 0 Å². The number of carbonyl (C=O) groups excluding carboxylic acids is 1. The fourth-order valence-electron chi connectivity index (χ4n) is 1.15. The van der Waals surface area contributed by atoms with Gasteiger partial charge < -0.3 is 4.74 Å². The van der Waals surface area contributed by atoms with Crippen molar-refractivity contribution >= 4 is 27.4 Å². The Bertz CT molecular complexity index is 477. The largest absolute Gasteiger partial charge is 0.377 e. The van der Waals surface area contributed by atoms with Gasteiger partial charge in [0, 0.05) is 18.3 Å². The van der Waals surface area contributed by atoms with Gasteiger partial charge in [-0.05, 0) is 24.3 Å². The van der Waals surface area contributed by atoms with E-state index in [0.29, 0.717) is 5.75 Å². The maximum atomic E-state index is 11.2. The van der Waals surface area contributed by atoms with Gasteiger partial charge in [-0.1, -0.05) is 0 Å². The maximum absolute atomic E-state index is 11.2. The number of hydrogen-bond donors (Lipinski definition) is 0. The Morgan fingerprint density at radius 1 is 1.29 bits per heavy atom. The average molecular weight is 274 g/mol.